The lowest BCUT2D eigenvalue weighted by atomic mass is 10.1. The fourth-order valence-corrected chi connectivity index (χ4v) is 4.40. The number of nitrogens with one attached hydrogen (secondary N) is 1. The van der Waals surface area contributed by atoms with Crippen LogP contribution in [-0.2, 0) is 4.79 Å². The van der Waals surface area contributed by atoms with Gasteiger partial charge in [0.05, 0.1) is 6.54 Å². The minimum absolute atomic E-state index is 0.0221. The van der Waals surface area contributed by atoms with Crippen LogP contribution in [0.3, 0.4) is 0 Å². The molecule has 0 saturated carbocycles. The van der Waals surface area contributed by atoms with Crippen molar-refractivity contribution >= 4 is 44.5 Å². The van der Waals surface area contributed by atoms with Gasteiger partial charge in [-0.3, -0.25) is 14.5 Å². The fraction of sp³-hybridized carbons (Fsp3) is 0.273. The number of carbonyl (C=O) groups excluding carboxylic acids is 2. The molecule has 0 spiro atoms. The second kappa shape index (κ2) is 8.12. The molecular weight excluding hydrogens is 370 g/mol. The van der Waals surface area contributed by atoms with E-state index in [2.05, 4.69) is 44.8 Å². The molecule has 0 atom stereocenters. The number of nitrogens with zero attached hydrogens (tertiary/aromatic N) is 2. The molecule has 0 unspecified atom stereocenters. The summed E-state index contributed by atoms with van der Waals surface area (Å²) in [6.07, 6.45) is 0. The Morgan fingerprint density at radius 2 is 1.75 bits per heavy atom. The Hall–Kier alpha value is -2.70. The zero-order valence-corrected chi connectivity index (χ0v) is 16.7. The van der Waals surface area contributed by atoms with E-state index in [4.69, 9.17) is 0 Å². The average molecular weight is 394 g/mol. The largest absolute Gasteiger partial charge is 0.368 e. The van der Waals surface area contributed by atoms with E-state index in [0.717, 1.165) is 31.9 Å². The Morgan fingerprint density at radius 1 is 1.00 bits per heavy atom. The van der Waals surface area contributed by atoms with E-state index in [1.54, 1.807) is 35.6 Å². The van der Waals surface area contributed by atoms with Crippen molar-refractivity contribution in [2.45, 2.75) is 6.92 Å². The monoisotopic (exact) mass is 393 g/mol. The number of hydrogen-bond acceptors (Lipinski definition) is 5. The first kappa shape index (κ1) is 18.7. The van der Waals surface area contributed by atoms with Crippen LogP contribution in [0.4, 0.5) is 11.4 Å². The summed E-state index contributed by atoms with van der Waals surface area (Å²) in [4.78, 5) is 28.3. The molecule has 1 N–H and O–H groups in total. The maximum atomic E-state index is 12.4. The fourth-order valence-electron chi connectivity index (χ4n) is 3.59. The van der Waals surface area contributed by atoms with E-state index in [1.165, 1.54) is 22.7 Å². The van der Waals surface area contributed by atoms with Gasteiger partial charge in [0.15, 0.2) is 5.78 Å². The van der Waals surface area contributed by atoms with Gasteiger partial charge in [-0.1, -0.05) is 6.07 Å². The Bertz CT molecular complexity index is 988. The highest BCUT2D eigenvalue weighted by atomic mass is 32.1. The standard InChI is InChI=1S/C22H23N3O2S/c1-16(26)17-5-7-18(8-6-17)23-22(27)15-24-10-12-25(13-11-24)20-3-2-4-21-19(20)9-14-28-21/h2-9,14H,10-13,15H2,1H3,(H,23,27). The molecule has 1 fully saturated rings. The first-order chi connectivity index (χ1) is 13.6. The van der Waals surface area contributed by atoms with Crippen molar-refractivity contribution in [1.82, 2.24) is 4.90 Å². The maximum Gasteiger partial charge on any atom is 0.238 e. The van der Waals surface area contributed by atoms with E-state index < -0.39 is 0 Å². The van der Waals surface area contributed by atoms with Gasteiger partial charge in [-0.05, 0) is 54.8 Å². The Kier molecular flexibility index (Phi) is 5.41. The molecule has 4 rings (SSSR count). The maximum absolute atomic E-state index is 12.4. The molecule has 1 aliphatic heterocycles. The smallest absolute Gasteiger partial charge is 0.238 e. The number of thiophene rings is 1. The van der Waals surface area contributed by atoms with Crippen LogP contribution in [-0.4, -0.2) is 49.3 Å². The second-order valence-corrected chi connectivity index (χ2v) is 8.00. The van der Waals surface area contributed by atoms with E-state index in [1.807, 2.05) is 0 Å². The zero-order chi connectivity index (χ0) is 19.5. The quantitative estimate of drug-likeness (QED) is 0.669. The topological polar surface area (TPSA) is 52.7 Å². The van der Waals surface area contributed by atoms with Crippen molar-refractivity contribution in [3.05, 3.63) is 59.5 Å². The number of carbonyl (C=O) groups is 2. The van der Waals surface area contributed by atoms with Crippen LogP contribution in [0.15, 0.2) is 53.9 Å². The van der Waals surface area contributed by atoms with Crippen LogP contribution in [0.25, 0.3) is 10.1 Å². The third-order valence-corrected chi connectivity index (χ3v) is 6.01. The van der Waals surface area contributed by atoms with E-state index in [9.17, 15) is 9.59 Å². The summed E-state index contributed by atoms with van der Waals surface area (Å²) in [6.45, 7) is 5.45. The molecule has 28 heavy (non-hydrogen) atoms. The van der Waals surface area contributed by atoms with E-state index in [0.29, 0.717) is 12.1 Å². The first-order valence-corrected chi connectivity index (χ1v) is 10.3. The van der Waals surface area contributed by atoms with Crippen LogP contribution < -0.4 is 10.2 Å². The molecule has 144 valence electrons. The molecule has 6 heteroatoms. The van der Waals surface area contributed by atoms with Crippen LogP contribution >= 0.6 is 11.3 Å². The molecule has 3 aromatic rings. The van der Waals surface area contributed by atoms with Crippen molar-refractivity contribution in [3.8, 4) is 0 Å². The van der Waals surface area contributed by atoms with Crippen molar-refractivity contribution in [1.29, 1.82) is 0 Å². The first-order valence-electron chi connectivity index (χ1n) is 9.44. The molecule has 2 heterocycles. The van der Waals surface area contributed by atoms with Gasteiger partial charge in [0, 0.05) is 53.2 Å². The summed E-state index contributed by atoms with van der Waals surface area (Å²) in [6, 6.07) is 15.7. The minimum Gasteiger partial charge on any atom is -0.368 e. The van der Waals surface area contributed by atoms with Gasteiger partial charge < -0.3 is 10.2 Å². The average Bonchev–Trinajstić information content (AvgIpc) is 3.18. The van der Waals surface area contributed by atoms with Gasteiger partial charge in [-0.15, -0.1) is 11.3 Å². The number of hydrogen-bond donors (Lipinski definition) is 1. The van der Waals surface area contributed by atoms with Gasteiger partial charge in [0.1, 0.15) is 0 Å². The third-order valence-electron chi connectivity index (χ3n) is 5.13. The molecule has 5 nitrogen and oxygen atoms in total. The summed E-state index contributed by atoms with van der Waals surface area (Å²) in [5.41, 5.74) is 2.65. The van der Waals surface area contributed by atoms with Crippen LogP contribution in [0.2, 0.25) is 0 Å². The van der Waals surface area contributed by atoms with Gasteiger partial charge in [0.25, 0.3) is 0 Å². The van der Waals surface area contributed by atoms with Gasteiger partial charge >= 0.3 is 0 Å². The highest BCUT2D eigenvalue weighted by Crippen LogP contribution is 2.31. The number of Topliss-reactive ketones (excluding diaryl/α,β-unsaturated/α-hetero) is 1. The highest BCUT2D eigenvalue weighted by Gasteiger charge is 2.20. The SMILES string of the molecule is CC(=O)c1ccc(NC(=O)CN2CCN(c3cccc4sccc34)CC2)cc1. The van der Waals surface area contributed by atoms with Gasteiger partial charge in [0.2, 0.25) is 5.91 Å². The minimum atomic E-state index is -0.0241. The summed E-state index contributed by atoms with van der Waals surface area (Å²) < 4.78 is 1.31. The molecule has 1 amide bonds. The molecule has 1 aromatic heterocycles. The van der Waals surface area contributed by atoms with Crippen molar-refractivity contribution in [2.75, 3.05) is 42.9 Å². The summed E-state index contributed by atoms with van der Waals surface area (Å²) >= 11 is 1.77. The number of rotatable bonds is 5. The van der Waals surface area contributed by atoms with Gasteiger partial charge in [-0.2, -0.15) is 0 Å². The number of fused-ring (bicyclic) bond motifs is 1. The highest BCUT2D eigenvalue weighted by molar-refractivity contribution is 7.17. The Balaban J connectivity index is 1.31. The van der Waals surface area contributed by atoms with E-state index in [-0.39, 0.29) is 11.7 Å². The molecule has 2 aromatic carbocycles. The third kappa shape index (κ3) is 4.08. The molecule has 1 aliphatic rings. The van der Waals surface area contributed by atoms with Crippen molar-refractivity contribution in [2.24, 2.45) is 0 Å². The summed E-state index contributed by atoms with van der Waals surface area (Å²) in [5.74, 6) is -0.00199. The van der Waals surface area contributed by atoms with Crippen LogP contribution in [0.1, 0.15) is 17.3 Å². The van der Waals surface area contributed by atoms with Crippen LogP contribution in [0.5, 0.6) is 0 Å². The molecule has 1 saturated heterocycles. The normalized spacial score (nSPS) is 15.0. The lowest BCUT2D eigenvalue weighted by molar-refractivity contribution is -0.117. The zero-order valence-electron chi connectivity index (χ0n) is 15.9. The number of benzene rings is 2. The molecule has 0 radical (unpaired) electrons. The molecule has 0 bridgehead atoms. The molecular formula is C22H23N3O2S. The Morgan fingerprint density at radius 3 is 2.46 bits per heavy atom. The Labute approximate surface area is 168 Å². The molecule has 0 aliphatic carbocycles. The number of piperazine rings is 1. The number of amides is 1. The predicted molar refractivity (Wildman–Crippen MR) is 116 cm³/mol. The van der Waals surface area contributed by atoms with Crippen LogP contribution in [0, 0.1) is 0 Å². The number of anilines is 2. The second-order valence-electron chi connectivity index (χ2n) is 7.05. The number of ketones is 1. The lowest BCUT2D eigenvalue weighted by Crippen LogP contribution is -2.48. The summed E-state index contributed by atoms with van der Waals surface area (Å²) in [7, 11) is 0. The predicted octanol–water partition coefficient (Wildman–Crippen LogP) is 3.86. The lowest BCUT2D eigenvalue weighted by Gasteiger charge is -2.36. The van der Waals surface area contributed by atoms with Crippen molar-refractivity contribution < 1.29 is 9.59 Å². The van der Waals surface area contributed by atoms with Gasteiger partial charge in [-0.25, -0.2) is 0 Å². The van der Waals surface area contributed by atoms with Crippen molar-refractivity contribution in [3.63, 3.8) is 0 Å². The summed E-state index contributed by atoms with van der Waals surface area (Å²) in [5, 5.41) is 6.36. The van der Waals surface area contributed by atoms with E-state index >= 15 is 0 Å².